The zero-order chi connectivity index (χ0) is 16.5. The van der Waals surface area contributed by atoms with Gasteiger partial charge in [0.25, 0.3) is 0 Å². The molecule has 0 saturated carbocycles. The van der Waals surface area contributed by atoms with E-state index in [1.165, 1.54) is 0 Å². The number of carbonyl (C=O) groups excluding carboxylic acids is 2. The minimum Gasteiger partial charge on any atom is -0.354 e. The van der Waals surface area contributed by atoms with Crippen molar-refractivity contribution in [3.8, 4) is 0 Å². The van der Waals surface area contributed by atoms with Crippen molar-refractivity contribution in [3.63, 3.8) is 0 Å². The summed E-state index contributed by atoms with van der Waals surface area (Å²) in [6.45, 7) is 4.09. The van der Waals surface area contributed by atoms with E-state index in [9.17, 15) is 9.59 Å². The lowest BCUT2D eigenvalue weighted by molar-refractivity contribution is -0.135. The van der Waals surface area contributed by atoms with Gasteiger partial charge in [-0.25, -0.2) is 0 Å². The summed E-state index contributed by atoms with van der Waals surface area (Å²) in [4.78, 5) is 24.8. The van der Waals surface area contributed by atoms with Crippen LogP contribution in [0.5, 0.6) is 0 Å². The largest absolute Gasteiger partial charge is 0.354 e. The zero-order valence-corrected chi connectivity index (χ0v) is 14.6. The second-order valence-electron chi connectivity index (χ2n) is 5.47. The van der Waals surface area contributed by atoms with Crippen LogP contribution in [-0.4, -0.2) is 51.1 Å². The molecule has 7 heteroatoms. The van der Waals surface area contributed by atoms with Crippen molar-refractivity contribution >= 4 is 27.7 Å². The molecule has 2 rings (SSSR count). The van der Waals surface area contributed by atoms with Gasteiger partial charge in [-0.15, -0.1) is 0 Å². The zero-order valence-electron chi connectivity index (χ0n) is 13.0. The Bertz CT molecular complexity index is 515. The van der Waals surface area contributed by atoms with Gasteiger partial charge >= 0.3 is 0 Å². The first kappa shape index (κ1) is 17.9. The van der Waals surface area contributed by atoms with E-state index in [2.05, 4.69) is 37.2 Å². The molecular formula is C16H23BrN4O2. The first-order valence-corrected chi connectivity index (χ1v) is 8.67. The van der Waals surface area contributed by atoms with E-state index < -0.39 is 5.92 Å². The third kappa shape index (κ3) is 6.29. The normalized spacial score (nSPS) is 19.0. The molecule has 126 valence electrons. The second kappa shape index (κ2) is 9.64. The number of halogens is 1. The van der Waals surface area contributed by atoms with Gasteiger partial charge in [-0.3, -0.25) is 9.59 Å². The molecular weight excluding hydrogens is 360 g/mol. The van der Waals surface area contributed by atoms with Crippen LogP contribution in [0.25, 0.3) is 0 Å². The van der Waals surface area contributed by atoms with Gasteiger partial charge in [0, 0.05) is 43.7 Å². The number of nitrogens with one attached hydrogen (secondary N) is 4. The molecule has 0 radical (unpaired) electrons. The molecule has 23 heavy (non-hydrogen) atoms. The summed E-state index contributed by atoms with van der Waals surface area (Å²) >= 11 is 3.42. The number of amides is 2. The summed E-state index contributed by atoms with van der Waals surface area (Å²) < 4.78 is 0.939. The number of hydrogen-bond acceptors (Lipinski definition) is 4. The Morgan fingerprint density at radius 3 is 2.04 bits per heavy atom. The van der Waals surface area contributed by atoms with Crippen molar-refractivity contribution in [2.75, 3.05) is 39.3 Å². The maximum absolute atomic E-state index is 12.4. The van der Waals surface area contributed by atoms with Gasteiger partial charge in [-0.1, -0.05) is 28.1 Å². The molecule has 1 heterocycles. The molecule has 0 unspecified atom stereocenters. The average molecular weight is 383 g/mol. The molecule has 0 atom stereocenters. The summed E-state index contributed by atoms with van der Waals surface area (Å²) in [6, 6.07) is 7.69. The van der Waals surface area contributed by atoms with E-state index in [4.69, 9.17) is 0 Å². The van der Waals surface area contributed by atoms with Crippen LogP contribution < -0.4 is 21.3 Å². The second-order valence-corrected chi connectivity index (χ2v) is 6.38. The lowest BCUT2D eigenvalue weighted by atomic mass is 9.97. The molecule has 6 nitrogen and oxygen atoms in total. The van der Waals surface area contributed by atoms with Crippen LogP contribution in [0.1, 0.15) is 5.56 Å². The van der Waals surface area contributed by atoms with Gasteiger partial charge in [0.15, 0.2) is 0 Å². The molecule has 1 aromatic carbocycles. The van der Waals surface area contributed by atoms with E-state index in [0.29, 0.717) is 32.6 Å². The lowest BCUT2D eigenvalue weighted by Gasteiger charge is -2.17. The third-order valence-electron chi connectivity index (χ3n) is 3.64. The van der Waals surface area contributed by atoms with Crippen LogP contribution in [0.2, 0.25) is 0 Å². The summed E-state index contributed by atoms with van der Waals surface area (Å²) in [5.41, 5.74) is 0.954. The predicted molar refractivity (Wildman–Crippen MR) is 93.1 cm³/mol. The van der Waals surface area contributed by atoms with Crippen molar-refractivity contribution in [2.45, 2.75) is 6.42 Å². The van der Waals surface area contributed by atoms with Crippen LogP contribution in [0.15, 0.2) is 28.7 Å². The third-order valence-corrected chi connectivity index (χ3v) is 4.14. The Balaban J connectivity index is 2.05. The number of hydrogen-bond donors (Lipinski definition) is 4. The van der Waals surface area contributed by atoms with Gasteiger partial charge in [0.2, 0.25) is 11.8 Å². The quantitative estimate of drug-likeness (QED) is 0.544. The molecule has 0 spiro atoms. The highest BCUT2D eigenvalue weighted by Crippen LogP contribution is 2.15. The Morgan fingerprint density at radius 1 is 0.913 bits per heavy atom. The summed E-state index contributed by atoms with van der Waals surface area (Å²) in [5.74, 6) is -1.17. The Morgan fingerprint density at radius 2 is 1.48 bits per heavy atom. The molecule has 1 saturated heterocycles. The van der Waals surface area contributed by atoms with Crippen molar-refractivity contribution in [2.24, 2.45) is 5.92 Å². The van der Waals surface area contributed by atoms with Crippen LogP contribution in [0.4, 0.5) is 0 Å². The highest BCUT2D eigenvalue weighted by molar-refractivity contribution is 9.10. The fraction of sp³-hybridized carbons (Fsp3) is 0.500. The lowest BCUT2D eigenvalue weighted by Crippen LogP contribution is -2.44. The first-order valence-electron chi connectivity index (χ1n) is 7.88. The molecule has 1 aromatic rings. The monoisotopic (exact) mass is 382 g/mol. The van der Waals surface area contributed by atoms with Gasteiger partial charge in [-0.05, 0) is 24.1 Å². The van der Waals surface area contributed by atoms with Crippen molar-refractivity contribution in [1.82, 2.24) is 21.3 Å². The molecule has 0 aliphatic carbocycles. The SMILES string of the molecule is O=C1NCCNCCNCCNC(=O)C1Cc1cccc(Br)c1. The Labute approximate surface area is 144 Å². The van der Waals surface area contributed by atoms with E-state index in [-0.39, 0.29) is 11.8 Å². The minimum absolute atomic E-state index is 0.225. The van der Waals surface area contributed by atoms with Crippen molar-refractivity contribution in [1.29, 1.82) is 0 Å². The highest BCUT2D eigenvalue weighted by atomic mass is 79.9. The van der Waals surface area contributed by atoms with Gasteiger partial charge in [-0.2, -0.15) is 0 Å². The summed E-state index contributed by atoms with van der Waals surface area (Å²) in [5, 5.41) is 12.2. The van der Waals surface area contributed by atoms with Crippen LogP contribution in [0, 0.1) is 5.92 Å². The Hall–Kier alpha value is -1.44. The van der Waals surface area contributed by atoms with Crippen molar-refractivity contribution < 1.29 is 9.59 Å². The van der Waals surface area contributed by atoms with E-state index in [0.717, 1.165) is 23.1 Å². The fourth-order valence-electron chi connectivity index (χ4n) is 2.43. The van der Waals surface area contributed by atoms with E-state index >= 15 is 0 Å². The first-order chi connectivity index (χ1) is 11.2. The number of rotatable bonds is 2. The highest BCUT2D eigenvalue weighted by Gasteiger charge is 2.26. The molecule has 4 N–H and O–H groups in total. The van der Waals surface area contributed by atoms with E-state index in [1.807, 2.05) is 24.3 Å². The van der Waals surface area contributed by atoms with Crippen LogP contribution in [0.3, 0.4) is 0 Å². The average Bonchev–Trinajstić information content (AvgIpc) is 2.54. The molecule has 2 amide bonds. The molecule has 1 fully saturated rings. The molecule has 0 aromatic heterocycles. The molecule has 1 aliphatic heterocycles. The van der Waals surface area contributed by atoms with Gasteiger partial charge < -0.3 is 21.3 Å². The fourth-order valence-corrected chi connectivity index (χ4v) is 2.87. The number of carbonyl (C=O) groups is 2. The van der Waals surface area contributed by atoms with Crippen molar-refractivity contribution in [3.05, 3.63) is 34.3 Å². The summed E-state index contributed by atoms with van der Waals surface area (Å²) in [7, 11) is 0. The number of benzene rings is 1. The smallest absolute Gasteiger partial charge is 0.232 e. The Kier molecular flexibility index (Phi) is 7.51. The standard InChI is InChI=1S/C16H23BrN4O2/c17-13-3-1-2-12(10-13)11-14-15(22)20-8-6-18-4-5-19-7-9-21-16(14)23/h1-3,10,14,18-19H,4-9,11H2,(H,20,22)(H,21,23). The van der Waals surface area contributed by atoms with E-state index in [1.54, 1.807) is 0 Å². The molecule has 1 aliphatic rings. The maximum atomic E-state index is 12.4. The summed E-state index contributed by atoms with van der Waals surface area (Å²) in [6.07, 6.45) is 0.387. The topological polar surface area (TPSA) is 82.3 Å². The maximum Gasteiger partial charge on any atom is 0.232 e. The molecule has 0 bridgehead atoms. The van der Waals surface area contributed by atoms with Crippen LogP contribution in [-0.2, 0) is 16.0 Å². The predicted octanol–water partition coefficient (Wildman–Crippen LogP) is 0.0330. The minimum atomic E-state index is -0.718. The van der Waals surface area contributed by atoms with Crippen LogP contribution >= 0.6 is 15.9 Å². The van der Waals surface area contributed by atoms with Gasteiger partial charge in [0.1, 0.15) is 5.92 Å². The van der Waals surface area contributed by atoms with Gasteiger partial charge in [0.05, 0.1) is 0 Å².